The summed E-state index contributed by atoms with van der Waals surface area (Å²) in [6.07, 6.45) is 8.91. The molecule has 244 valence electrons. The molecule has 1 fully saturated rings. The fourth-order valence-corrected chi connectivity index (χ4v) is 9.18. The molecule has 2 unspecified atom stereocenters. The second-order valence-corrected chi connectivity index (χ2v) is 18.8. The van der Waals surface area contributed by atoms with Gasteiger partial charge in [0.25, 0.3) is 0 Å². The van der Waals surface area contributed by atoms with Crippen LogP contribution in [0.3, 0.4) is 0 Å². The van der Waals surface area contributed by atoms with Crippen molar-refractivity contribution in [3.8, 4) is 29.6 Å². The quantitative estimate of drug-likeness (QED) is 0.144. The van der Waals surface area contributed by atoms with Crippen LogP contribution < -0.4 is 14.2 Å². The summed E-state index contributed by atoms with van der Waals surface area (Å²) >= 11 is 0. The summed E-state index contributed by atoms with van der Waals surface area (Å²) in [5.74, 6) is 3.15. The van der Waals surface area contributed by atoms with E-state index in [4.69, 9.17) is 29.8 Å². The van der Waals surface area contributed by atoms with Gasteiger partial charge in [-0.2, -0.15) is 0 Å². The maximum Gasteiger partial charge on any atom is 0.338 e. The summed E-state index contributed by atoms with van der Waals surface area (Å²) in [7, 11) is -1.17. The maximum absolute atomic E-state index is 13.2. The molecule has 10 nitrogen and oxygen atoms in total. The van der Waals surface area contributed by atoms with E-state index in [-0.39, 0.29) is 23.3 Å². The molecule has 2 rings (SSSR count). The van der Waals surface area contributed by atoms with Crippen LogP contribution in [0.4, 0.5) is 0 Å². The van der Waals surface area contributed by atoms with Crippen molar-refractivity contribution in [1.82, 2.24) is 9.21 Å². The number of ether oxygens (including phenoxy) is 4. The number of hydrogen-bond acceptors (Lipinski definition) is 9. The number of carbonyl (C=O) groups is 1. The van der Waals surface area contributed by atoms with Gasteiger partial charge in [0.15, 0.2) is 11.5 Å². The average molecular weight is 641 g/mol. The van der Waals surface area contributed by atoms with E-state index in [1.807, 2.05) is 0 Å². The van der Waals surface area contributed by atoms with Gasteiger partial charge >= 0.3 is 5.97 Å². The van der Waals surface area contributed by atoms with Gasteiger partial charge in [0.05, 0.1) is 32.6 Å². The predicted molar refractivity (Wildman–Crippen MR) is 172 cm³/mol. The third kappa shape index (κ3) is 10.4. The number of sulfonamides is 1. The average Bonchev–Trinajstić information content (AvgIpc) is 3.20. The molecule has 1 aromatic rings. The highest BCUT2D eigenvalue weighted by Gasteiger charge is 2.44. The molecule has 0 spiro atoms. The number of hydrogen-bond donors (Lipinski definition) is 0. The fourth-order valence-electron chi connectivity index (χ4n) is 5.04. The van der Waals surface area contributed by atoms with Crippen LogP contribution in [0.25, 0.3) is 0 Å². The Kier molecular flexibility index (Phi) is 14.3. The van der Waals surface area contributed by atoms with E-state index in [1.54, 1.807) is 16.4 Å². The van der Waals surface area contributed by atoms with Crippen molar-refractivity contribution >= 4 is 24.3 Å². The van der Waals surface area contributed by atoms with Crippen molar-refractivity contribution in [2.75, 3.05) is 66.0 Å². The first-order chi connectivity index (χ1) is 20.2. The Morgan fingerprint density at radius 1 is 1.05 bits per heavy atom. The van der Waals surface area contributed by atoms with E-state index in [0.29, 0.717) is 61.9 Å². The summed E-state index contributed by atoms with van der Waals surface area (Å²) in [6.45, 7) is 13.8. The lowest BCUT2D eigenvalue weighted by atomic mass is 10.1. The van der Waals surface area contributed by atoms with Gasteiger partial charge in [0.2, 0.25) is 24.1 Å². The molecule has 0 aromatic heterocycles. The van der Waals surface area contributed by atoms with Crippen molar-refractivity contribution < 1.29 is 36.6 Å². The second-order valence-electron chi connectivity index (χ2n) is 12.1. The lowest BCUT2D eigenvalue weighted by molar-refractivity contribution is 0.0221. The molecule has 1 aliphatic heterocycles. The molecule has 2 atom stereocenters. The number of nitrogens with zero attached hydrogens (tertiary/aromatic N) is 2. The molecule has 0 bridgehead atoms. The highest BCUT2D eigenvalue weighted by Crippen LogP contribution is 2.39. The molecule has 0 radical (unpaired) electrons. The lowest BCUT2D eigenvalue weighted by Gasteiger charge is -2.42. The van der Waals surface area contributed by atoms with Crippen LogP contribution in [0.2, 0.25) is 11.6 Å². The van der Waals surface area contributed by atoms with Crippen LogP contribution in [0.15, 0.2) is 12.1 Å². The van der Waals surface area contributed by atoms with Gasteiger partial charge in [-0.25, -0.2) is 17.5 Å². The molecule has 12 heteroatoms. The van der Waals surface area contributed by atoms with Crippen molar-refractivity contribution in [1.29, 1.82) is 0 Å². The monoisotopic (exact) mass is 640 g/mol. The predicted octanol–water partition coefficient (Wildman–Crippen LogP) is 4.72. The summed E-state index contributed by atoms with van der Waals surface area (Å²) in [5, 5.41) is -0.0645. The first kappa shape index (κ1) is 36.9. The number of rotatable bonds is 16. The molecule has 0 N–H and O–H groups in total. The minimum atomic E-state index is -3.35. The van der Waals surface area contributed by atoms with Crippen molar-refractivity contribution in [2.45, 2.75) is 77.5 Å². The number of terminal acetylenes is 1. The molecule has 1 aliphatic rings. The van der Waals surface area contributed by atoms with Crippen molar-refractivity contribution in [3.63, 3.8) is 0 Å². The minimum Gasteiger partial charge on any atom is -0.493 e. The Bertz CT molecular complexity index is 1170. The van der Waals surface area contributed by atoms with Gasteiger partial charge in [-0.15, -0.1) is 12.3 Å². The molecule has 0 amide bonds. The van der Waals surface area contributed by atoms with Gasteiger partial charge in [-0.05, 0) is 43.1 Å². The van der Waals surface area contributed by atoms with Crippen LogP contribution in [0.1, 0.15) is 70.2 Å². The summed E-state index contributed by atoms with van der Waals surface area (Å²) in [6, 6.07) is 3.19. The molecule has 0 saturated carbocycles. The van der Waals surface area contributed by atoms with Gasteiger partial charge in [0.1, 0.15) is 6.10 Å². The third-order valence-corrected chi connectivity index (χ3v) is 15.1. The largest absolute Gasteiger partial charge is 0.493 e. The van der Waals surface area contributed by atoms with Crippen LogP contribution in [0.5, 0.6) is 17.2 Å². The molecular formula is C31H52N2O8SSi. The first-order valence-corrected chi connectivity index (χ1v) is 19.3. The second kappa shape index (κ2) is 16.7. The molecule has 1 saturated heterocycles. The van der Waals surface area contributed by atoms with Crippen LogP contribution in [-0.4, -0.2) is 104 Å². The van der Waals surface area contributed by atoms with Gasteiger partial charge in [-0.3, -0.25) is 0 Å². The summed E-state index contributed by atoms with van der Waals surface area (Å²) in [5.41, 5.74) is 0.321. The van der Waals surface area contributed by atoms with Gasteiger partial charge in [0, 0.05) is 45.3 Å². The molecule has 0 aliphatic carbocycles. The lowest BCUT2D eigenvalue weighted by Crippen LogP contribution is -2.54. The zero-order valence-electron chi connectivity index (χ0n) is 27.4. The van der Waals surface area contributed by atoms with Gasteiger partial charge in [-0.1, -0.05) is 34.1 Å². The Balaban J connectivity index is 2.07. The number of carbonyl (C=O) groups excluding carboxylic acids is 1. The highest BCUT2D eigenvalue weighted by atomic mass is 32.2. The van der Waals surface area contributed by atoms with Crippen LogP contribution in [0, 0.1) is 12.3 Å². The van der Waals surface area contributed by atoms with E-state index < -0.39 is 24.3 Å². The van der Waals surface area contributed by atoms with E-state index in [0.717, 1.165) is 25.6 Å². The van der Waals surface area contributed by atoms with Crippen molar-refractivity contribution in [3.05, 3.63) is 17.7 Å². The Labute approximate surface area is 260 Å². The SMILES string of the molecule is C#CCCS(=O)(=O)N1CCCN(C[Si](C)(OCCC(CCC)OC(=O)c2cc(OC)c(OC)c(OC)c2)C(C)(C)C)CC1. The minimum absolute atomic E-state index is 0.00980. The number of methoxy groups -OCH3 is 3. The van der Waals surface area contributed by atoms with E-state index in [1.165, 1.54) is 21.3 Å². The summed E-state index contributed by atoms with van der Waals surface area (Å²) in [4.78, 5) is 15.5. The third-order valence-electron chi connectivity index (χ3n) is 8.20. The normalized spacial score (nSPS) is 17.3. The Morgan fingerprint density at radius 2 is 1.70 bits per heavy atom. The number of benzene rings is 1. The molecule has 1 heterocycles. The zero-order chi connectivity index (χ0) is 32.3. The molecule has 43 heavy (non-hydrogen) atoms. The Hall–Kier alpha value is -2.30. The van der Waals surface area contributed by atoms with E-state index >= 15 is 0 Å². The molecular weight excluding hydrogens is 589 g/mol. The zero-order valence-corrected chi connectivity index (χ0v) is 29.2. The van der Waals surface area contributed by atoms with E-state index in [2.05, 4.69) is 45.1 Å². The smallest absolute Gasteiger partial charge is 0.338 e. The fraction of sp³-hybridized carbons (Fsp3) is 0.710. The highest BCUT2D eigenvalue weighted by molar-refractivity contribution is 7.89. The van der Waals surface area contributed by atoms with Gasteiger partial charge < -0.3 is 28.3 Å². The topological polar surface area (TPSA) is 104 Å². The number of esters is 1. The maximum atomic E-state index is 13.2. The standard InChI is InChI=1S/C31H52N2O8SSi/c1-10-12-21-42(35,36)33-17-13-16-32(18-19-33)24-43(9,31(3,4)5)40-20-15-26(14-11-2)41-30(34)25-22-27(37-6)29(39-8)28(23-25)38-7/h1,22-23,26H,11-21,24H2,2-9H3. The van der Waals surface area contributed by atoms with Crippen molar-refractivity contribution in [2.24, 2.45) is 0 Å². The summed E-state index contributed by atoms with van der Waals surface area (Å²) < 4.78 is 55.8. The van der Waals surface area contributed by atoms with Crippen LogP contribution >= 0.6 is 0 Å². The Morgan fingerprint density at radius 3 is 2.23 bits per heavy atom. The first-order valence-electron chi connectivity index (χ1n) is 15.0. The van der Waals surface area contributed by atoms with E-state index in [9.17, 15) is 13.2 Å². The molecule has 1 aromatic carbocycles. The van der Waals surface area contributed by atoms with Crippen LogP contribution in [-0.2, 0) is 19.2 Å².